The lowest BCUT2D eigenvalue weighted by Crippen LogP contribution is -2.81. The first-order valence-corrected chi connectivity index (χ1v) is 13.2. The molecule has 4 rings (SSSR count). The highest BCUT2D eigenvalue weighted by atomic mass is 28.4. The number of carbonyl (C=O) groups is 1. The molecule has 0 bridgehead atoms. The molecule has 0 radical (unpaired) electrons. The molecule has 9 heteroatoms. The van der Waals surface area contributed by atoms with Crippen LogP contribution in [0.3, 0.4) is 0 Å². The highest BCUT2D eigenvalue weighted by Crippen LogP contribution is 2.43. The summed E-state index contributed by atoms with van der Waals surface area (Å²) in [6.45, 7) is 9.18. The molecular weight excluding hydrogens is 463 g/mol. The van der Waals surface area contributed by atoms with Crippen molar-refractivity contribution in [3.8, 4) is 0 Å². The molecule has 2 heterocycles. The van der Waals surface area contributed by atoms with Gasteiger partial charge in [-0.1, -0.05) is 68.4 Å². The molecule has 184 valence electrons. The van der Waals surface area contributed by atoms with Crippen molar-refractivity contribution in [3.63, 3.8) is 0 Å². The predicted octanol–water partition coefficient (Wildman–Crippen LogP) is 3.18. The van der Waals surface area contributed by atoms with E-state index in [0.717, 1.165) is 15.9 Å². The zero-order valence-electron chi connectivity index (χ0n) is 19.9. The molecule has 2 aliphatic heterocycles. The van der Waals surface area contributed by atoms with E-state index in [1.54, 1.807) is 20.8 Å². The van der Waals surface area contributed by atoms with Gasteiger partial charge in [0.25, 0.3) is 8.32 Å². The largest absolute Gasteiger partial charge is 0.471 e. The lowest BCUT2D eigenvalue weighted by Gasteiger charge is -2.55. The zero-order chi connectivity index (χ0) is 24.9. The summed E-state index contributed by atoms with van der Waals surface area (Å²) in [5.41, 5.74) is 1.16. The third-order valence-electron chi connectivity index (χ3n) is 6.84. The summed E-state index contributed by atoms with van der Waals surface area (Å²) in [4.78, 5) is 11.9. The van der Waals surface area contributed by atoms with Gasteiger partial charge < -0.3 is 19.2 Å². The Morgan fingerprint density at radius 1 is 1.06 bits per heavy atom. The van der Waals surface area contributed by atoms with Crippen LogP contribution in [-0.2, 0) is 23.7 Å². The summed E-state index contributed by atoms with van der Waals surface area (Å²) < 4.78 is 57.9. The Kier molecular flexibility index (Phi) is 6.21. The van der Waals surface area contributed by atoms with Crippen LogP contribution in [0.25, 0.3) is 0 Å². The van der Waals surface area contributed by atoms with Crippen molar-refractivity contribution in [2.45, 2.75) is 69.9 Å². The molecule has 1 saturated heterocycles. The Labute approximate surface area is 198 Å². The monoisotopic (exact) mass is 493 g/mol. The van der Waals surface area contributed by atoms with Crippen molar-refractivity contribution < 1.29 is 31.9 Å². The molecule has 2 aliphatic rings. The first kappa shape index (κ1) is 24.9. The third kappa shape index (κ3) is 4.08. The second-order valence-electron chi connectivity index (χ2n) is 9.91. The van der Waals surface area contributed by atoms with E-state index in [1.165, 1.54) is 0 Å². The fourth-order valence-corrected chi connectivity index (χ4v) is 10.4. The Balaban J connectivity index is 1.70. The summed E-state index contributed by atoms with van der Waals surface area (Å²) in [5.74, 6) is -3.01. The zero-order valence-corrected chi connectivity index (χ0v) is 20.9. The summed E-state index contributed by atoms with van der Waals surface area (Å²) in [6, 6.07) is 16.8. The Bertz CT molecular complexity index is 1060. The summed E-state index contributed by atoms with van der Waals surface area (Å²) in [7, 11) is -2.86. The molecule has 2 aromatic carbocycles. The van der Waals surface area contributed by atoms with E-state index in [1.807, 2.05) is 48.5 Å². The molecule has 1 N–H and O–H groups in total. The number of alkyl halides is 3. The van der Waals surface area contributed by atoms with Crippen molar-refractivity contribution in [3.05, 3.63) is 60.2 Å². The number of ether oxygens (including phenoxy) is 2. The summed E-state index contributed by atoms with van der Waals surface area (Å²) in [6.07, 6.45) is -6.36. The number of amides is 1. The van der Waals surface area contributed by atoms with Crippen LogP contribution in [0.1, 0.15) is 40.2 Å². The molecule has 1 fully saturated rings. The number of hydrogen-bond donors (Lipinski definition) is 1. The van der Waals surface area contributed by atoms with E-state index in [0.29, 0.717) is 0 Å². The maximum atomic E-state index is 13.2. The molecule has 4 atom stereocenters. The van der Waals surface area contributed by atoms with E-state index < -0.39 is 44.4 Å². The van der Waals surface area contributed by atoms with Crippen molar-refractivity contribution in [1.29, 1.82) is 0 Å². The van der Waals surface area contributed by atoms with Gasteiger partial charge in [0.15, 0.2) is 5.79 Å². The highest BCUT2D eigenvalue weighted by Gasteiger charge is 2.63. The fourth-order valence-electron chi connectivity index (χ4n) is 5.39. The molecule has 5 nitrogen and oxygen atoms in total. The van der Waals surface area contributed by atoms with E-state index in [-0.39, 0.29) is 11.6 Å². The minimum absolute atomic E-state index is 0.144. The number of halogens is 3. The lowest BCUT2D eigenvalue weighted by molar-refractivity contribution is -0.177. The van der Waals surface area contributed by atoms with Gasteiger partial charge in [-0.2, -0.15) is 13.2 Å². The average molecular weight is 494 g/mol. The first-order valence-electron chi connectivity index (χ1n) is 11.3. The van der Waals surface area contributed by atoms with Crippen LogP contribution in [0, 0.1) is 0 Å². The number of nitrogens with one attached hydrogen (secondary N) is 1. The summed E-state index contributed by atoms with van der Waals surface area (Å²) in [5, 5.41) is 3.90. The predicted molar refractivity (Wildman–Crippen MR) is 124 cm³/mol. The van der Waals surface area contributed by atoms with Gasteiger partial charge in [-0.15, -0.1) is 0 Å². The molecule has 0 aromatic heterocycles. The fraction of sp³-hybridized carbons (Fsp3) is 0.480. The SMILES string of the molecule is C[C@H]1OC(C)(C)O[C@H]1[C@H](CO[Si]1(c2ccccc2)c2ccccc2C1(C)C)NC(=O)C(F)(F)F. The number of carbonyl (C=O) groups excluding carboxylic acids is 1. The van der Waals surface area contributed by atoms with Crippen molar-refractivity contribution in [1.82, 2.24) is 5.32 Å². The topological polar surface area (TPSA) is 56.8 Å². The van der Waals surface area contributed by atoms with E-state index in [4.69, 9.17) is 13.9 Å². The quantitative estimate of drug-likeness (QED) is 0.628. The summed E-state index contributed by atoms with van der Waals surface area (Å²) >= 11 is 0. The van der Waals surface area contributed by atoms with Gasteiger partial charge in [0.05, 0.1) is 18.8 Å². The minimum atomic E-state index is -5.02. The van der Waals surface area contributed by atoms with E-state index >= 15 is 0 Å². The smallest absolute Gasteiger partial charge is 0.405 e. The molecular formula is C25H30F3NO4Si. The van der Waals surface area contributed by atoms with Crippen LogP contribution >= 0.6 is 0 Å². The van der Waals surface area contributed by atoms with Crippen molar-refractivity contribution in [2.24, 2.45) is 0 Å². The van der Waals surface area contributed by atoms with Crippen LogP contribution in [0.15, 0.2) is 54.6 Å². The number of rotatable bonds is 6. The number of benzene rings is 2. The maximum Gasteiger partial charge on any atom is 0.471 e. The van der Waals surface area contributed by atoms with Crippen molar-refractivity contribution >= 4 is 24.6 Å². The van der Waals surface area contributed by atoms with Gasteiger partial charge in [0.1, 0.15) is 6.10 Å². The van der Waals surface area contributed by atoms with E-state index in [9.17, 15) is 18.0 Å². The van der Waals surface area contributed by atoms with Crippen LogP contribution in [0.5, 0.6) is 0 Å². The highest BCUT2D eigenvalue weighted by molar-refractivity contribution is 7.03. The van der Waals surface area contributed by atoms with Crippen molar-refractivity contribution in [2.75, 3.05) is 6.61 Å². The Morgan fingerprint density at radius 3 is 2.26 bits per heavy atom. The van der Waals surface area contributed by atoms with Crippen LogP contribution in [0.2, 0.25) is 0 Å². The molecule has 0 spiro atoms. The normalized spacial score (nSPS) is 28.0. The van der Waals surface area contributed by atoms with Gasteiger partial charge in [0, 0.05) is 5.04 Å². The molecule has 0 aliphatic carbocycles. The number of fused-ring (bicyclic) bond motifs is 1. The molecule has 2 aromatic rings. The van der Waals surface area contributed by atoms with E-state index in [2.05, 4.69) is 25.2 Å². The molecule has 1 amide bonds. The van der Waals surface area contributed by atoms with Gasteiger partial charge in [0.2, 0.25) is 0 Å². The van der Waals surface area contributed by atoms with Gasteiger partial charge in [-0.25, -0.2) is 0 Å². The third-order valence-corrected chi connectivity index (χ3v) is 11.8. The standard InChI is InChI=1S/C25H30F3NO4Si/c1-16-21(33-24(4,5)32-16)19(29-22(30)25(26,27)28)15-31-34(17-11-7-6-8-12-17)20-14-10-9-13-18(20)23(34,2)3/h6-14,16,19,21H,15H2,1-5H3,(H,29,30)/t16-,19+,21-,34?/m1/s1. The second kappa shape index (κ2) is 8.48. The first-order chi connectivity index (χ1) is 15.8. The van der Waals surface area contributed by atoms with Crippen LogP contribution in [-0.4, -0.2) is 51.0 Å². The minimum Gasteiger partial charge on any atom is -0.405 e. The Hall–Kier alpha value is -2.20. The second-order valence-corrected chi connectivity index (χ2v) is 13.9. The molecule has 1 unspecified atom stereocenters. The van der Waals surface area contributed by atoms with Crippen LogP contribution < -0.4 is 15.7 Å². The van der Waals surface area contributed by atoms with Gasteiger partial charge in [-0.3, -0.25) is 4.79 Å². The Morgan fingerprint density at radius 2 is 1.68 bits per heavy atom. The molecule has 0 saturated carbocycles. The van der Waals surface area contributed by atoms with Gasteiger partial charge in [-0.05, 0) is 36.7 Å². The average Bonchev–Trinajstić information content (AvgIpc) is 3.05. The lowest BCUT2D eigenvalue weighted by atomic mass is 10.0. The van der Waals surface area contributed by atoms with Gasteiger partial charge >= 0.3 is 12.1 Å². The molecule has 34 heavy (non-hydrogen) atoms. The maximum absolute atomic E-state index is 13.2. The number of hydrogen-bond acceptors (Lipinski definition) is 4. The van der Waals surface area contributed by atoms with Crippen LogP contribution in [0.4, 0.5) is 13.2 Å².